The van der Waals surface area contributed by atoms with Gasteiger partial charge in [0.05, 0.1) is 18.4 Å². The molecule has 3 aliphatic heterocycles. The van der Waals surface area contributed by atoms with Gasteiger partial charge in [-0.3, -0.25) is 9.59 Å². The minimum Gasteiger partial charge on any atom is -0.455 e. The predicted octanol–water partition coefficient (Wildman–Crippen LogP) is 1.05. The quantitative estimate of drug-likeness (QED) is 0.689. The van der Waals surface area contributed by atoms with E-state index < -0.39 is 6.10 Å². The number of hydrogen-bond donors (Lipinski definition) is 0. The topological polar surface area (TPSA) is 61.8 Å². The Labute approximate surface area is 106 Å². The summed E-state index contributed by atoms with van der Waals surface area (Å²) in [5, 5.41) is 0. The van der Waals surface area contributed by atoms with Crippen LogP contribution in [-0.4, -0.2) is 36.4 Å². The number of carbonyl (C=O) groups is 2. The second-order valence-corrected chi connectivity index (χ2v) is 6.57. The van der Waals surface area contributed by atoms with Gasteiger partial charge in [0.15, 0.2) is 12.2 Å². The molecule has 3 aliphatic rings. The second-order valence-electron chi connectivity index (χ2n) is 6.57. The highest BCUT2D eigenvalue weighted by molar-refractivity contribution is 5.77. The molecule has 5 nitrogen and oxygen atoms in total. The maximum Gasteiger partial charge on any atom is 0.312 e. The number of hydrogen-bond acceptors (Lipinski definition) is 5. The third kappa shape index (κ3) is 1.81. The first-order valence-electron chi connectivity index (χ1n) is 6.40. The predicted molar refractivity (Wildman–Crippen MR) is 60.6 cm³/mol. The fraction of sp³-hybridized carbons (Fsp3) is 0.846. The van der Waals surface area contributed by atoms with Crippen LogP contribution in [0, 0.1) is 11.3 Å². The molecule has 3 saturated heterocycles. The van der Waals surface area contributed by atoms with Crippen LogP contribution in [-0.2, 0) is 23.8 Å². The number of fused-ring (bicyclic) bond motifs is 1. The van der Waals surface area contributed by atoms with Crippen LogP contribution in [0.2, 0.25) is 0 Å². The Balaban J connectivity index is 1.65. The third-order valence-electron chi connectivity index (χ3n) is 3.73. The van der Waals surface area contributed by atoms with Gasteiger partial charge in [-0.1, -0.05) is 20.8 Å². The van der Waals surface area contributed by atoms with E-state index in [4.69, 9.17) is 14.2 Å². The van der Waals surface area contributed by atoms with Crippen molar-refractivity contribution in [2.45, 2.75) is 58.0 Å². The highest BCUT2D eigenvalue weighted by atomic mass is 16.7. The van der Waals surface area contributed by atoms with Crippen LogP contribution in [0.5, 0.6) is 0 Å². The van der Waals surface area contributed by atoms with Crippen LogP contribution >= 0.6 is 0 Å². The summed E-state index contributed by atoms with van der Waals surface area (Å²) in [6, 6.07) is 0. The Bertz CT molecular complexity index is 397. The first-order valence-corrected chi connectivity index (χ1v) is 6.40. The second kappa shape index (κ2) is 3.70. The lowest BCUT2D eigenvalue weighted by Gasteiger charge is -2.24. The molecule has 3 fully saturated rings. The van der Waals surface area contributed by atoms with Gasteiger partial charge in [0.1, 0.15) is 6.10 Å². The molecular formula is C13H18O5. The zero-order chi connectivity index (χ0) is 13.1. The third-order valence-corrected chi connectivity index (χ3v) is 3.73. The zero-order valence-electron chi connectivity index (χ0n) is 10.8. The molecule has 0 aromatic heterocycles. The van der Waals surface area contributed by atoms with Crippen LogP contribution in [0.25, 0.3) is 0 Å². The highest BCUT2D eigenvalue weighted by Gasteiger charge is 2.65. The van der Waals surface area contributed by atoms with Crippen molar-refractivity contribution in [1.29, 1.82) is 0 Å². The van der Waals surface area contributed by atoms with Crippen LogP contribution in [0.3, 0.4) is 0 Å². The van der Waals surface area contributed by atoms with Crippen molar-refractivity contribution >= 4 is 11.9 Å². The average molecular weight is 254 g/mol. The van der Waals surface area contributed by atoms with E-state index in [2.05, 4.69) is 0 Å². The van der Waals surface area contributed by atoms with E-state index in [1.54, 1.807) is 0 Å². The fourth-order valence-electron chi connectivity index (χ4n) is 3.01. The van der Waals surface area contributed by atoms with Crippen molar-refractivity contribution in [1.82, 2.24) is 0 Å². The smallest absolute Gasteiger partial charge is 0.312 e. The molecule has 18 heavy (non-hydrogen) atoms. The fourth-order valence-corrected chi connectivity index (χ4v) is 3.01. The average Bonchev–Trinajstić information content (AvgIpc) is 2.79. The first-order chi connectivity index (χ1) is 8.35. The molecule has 0 spiro atoms. The van der Waals surface area contributed by atoms with E-state index >= 15 is 0 Å². The van der Waals surface area contributed by atoms with Crippen molar-refractivity contribution in [3.63, 3.8) is 0 Å². The van der Waals surface area contributed by atoms with Gasteiger partial charge < -0.3 is 14.2 Å². The largest absolute Gasteiger partial charge is 0.455 e. The molecule has 0 aromatic carbocycles. The van der Waals surface area contributed by atoms with Gasteiger partial charge in [-0.25, -0.2) is 0 Å². The molecule has 0 amide bonds. The van der Waals surface area contributed by atoms with E-state index in [1.807, 2.05) is 20.8 Å². The van der Waals surface area contributed by atoms with E-state index in [0.29, 0.717) is 12.8 Å². The van der Waals surface area contributed by atoms with Crippen LogP contribution in [0.4, 0.5) is 0 Å². The molecule has 0 saturated carbocycles. The molecule has 100 valence electrons. The standard InChI is InChI=1S/C13H18O5/c1-13(2,3)5-8(14)17-10-7-4-6-9(16-7)11(10)18-12(6)15/h6-7,9-11H,4-5H2,1-3H3. The lowest BCUT2D eigenvalue weighted by Crippen LogP contribution is -2.40. The van der Waals surface area contributed by atoms with E-state index in [-0.39, 0.29) is 41.6 Å². The van der Waals surface area contributed by atoms with Crippen LogP contribution in [0.15, 0.2) is 0 Å². The van der Waals surface area contributed by atoms with Gasteiger partial charge in [-0.2, -0.15) is 0 Å². The van der Waals surface area contributed by atoms with Crippen molar-refractivity contribution in [2.75, 3.05) is 0 Å². The maximum atomic E-state index is 11.8. The number of carbonyl (C=O) groups excluding carboxylic acids is 2. The Kier molecular flexibility index (Phi) is 2.46. The molecule has 0 aromatic rings. The number of ether oxygens (including phenoxy) is 3. The van der Waals surface area contributed by atoms with Gasteiger partial charge in [0.25, 0.3) is 0 Å². The van der Waals surface area contributed by atoms with Gasteiger partial charge in [-0.05, 0) is 11.8 Å². The van der Waals surface area contributed by atoms with Crippen LogP contribution < -0.4 is 0 Å². The summed E-state index contributed by atoms with van der Waals surface area (Å²) in [6.45, 7) is 5.95. The molecule has 3 rings (SSSR count). The van der Waals surface area contributed by atoms with Gasteiger partial charge in [0, 0.05) is 0 Å². The lowest BCUT2D eigenvalue weighted by molar-refractivity contribution is -0.162. The van der Waals surface area contributed by atoms with Gasteiger partial charge in [0.2, 0.25) is 0 Å². The summed E-state index contributed by atoms with van der Waals surface area (Å²) in [7, 11) is 0. The minimum absolute atomic E-state index is 0.107. The SMILES string of the molecule is CC(C)(C)CC(=O)OC1C2CC3C(=O)OC1C3O2. The van der Waals surface area contributed by atoms with Crippen LogP contribution in [0.1, 0.15) is 33.6 Å². The molecule has 3 heterocycles. The molecule has 5 unspecified atom stereocenters. The Hall–Kier alpha value is -1.10. The maximum absolute atomic E-state index is 11.8. The van der Waals surface area contributed by atoms with E-state index in [9.17, 15) is 9.59 Å². The number of rotatable bonds is 2. The zero-order valence-corrected chi connectivity index (χ0v) is 10.8. The summed E-state index contributed by atoms with van der Waals surface area (Å²) < 4.78 is 16.4. The minimum atomic E-state index is -0.410. The summed E-state index contributed by atoms with van der Waals surface area (Å²) in [5.41, 5.74) is -0.107. The Morgan fingerprint density at radius 1 is 1.39 bits per heavy atom. The van der Waals surface area contributed by atoms with Gasteiger partial charge >= 0.3 is 11.9 Å². The normalized spacial score (nSPS) is 41.1. The number of esters is 2. The Morgan fingerprint density at radius 2 is 2.11 bits per heavy atom. The van der Waals surface area contributed by atoms with Crippen molar-refractivity contribution < 1.29 is 23.8 Å². The monoisotopic (exact) mass is 254 g/mol. The van der Waals surface area contributed by atoms with Gasteiger partial charge in [-0.15, -0.1) is 0 Å². The highest BCUT2D eigenvalue weighted by Crippen LogP contribution is 2.47. The molecule has 0 N–H and O–H groups in total. The van der Waals surface area contributed by atoms with E-state index in [1.165, 1.54) is 0 Å². The lowest BCUT2D eigenvalue weighted by atomic mass is 9.88. The molecule has 0 aliphatic carbocycles. The first kappa shape index (κ1) is 12.0. The van der Waals surface area contributed by atoms with E-state index in [0.717, 1.165) is 0 Å². The molecule has 5 atom stereocenters. The molecule has 0 radical (unpaired) electrons. The van der Waals surface area contributed by atoms with Crippen molar-refractivity contribution in [3.8, 4) is 0 Å². The molecule has 2 bridgehead atoms. The van der Waals surface area contributed by atoms with Crippen molar-refractivity contribution in [3.05, 3.63) is 0 Å². The van der Waals surface area contributed by atoms with Crippen molar-refractivity contribution in [2.24, 2.45) is 11.3 Å². The Morgan fingerprint density at radius 3 is 2.78 bits per heavy atom. The summed E-state index contributed by atoms with van der Waals surface area (Å²) >= 11 is 0. The summed E-state index contributed by atoms with van der Waals surface area (Å²) in [4.78, 5) is 23.3. The molecule has 5 heteroatoms. The molecular weight excluding hydrogens is 236 g/mol. The summed E-state index contributed by atoms with van der Waals surface area (Å²) in [6.07, 6.45) is -0.189. The summed E-state index contributed by atoms with van der Waals surface area (Å²) in [5.74, 6) is -0.595.